The SMILES string of the molecule is CC(CCNC(C)(C)C)CNC(C)(C)C. The number of nitrogens with one attached hydrogen (secondary N) is 2. The van der Waals surface area contributed by atoms with Gasteiger partial charge >= 0.3 is 0 Å². The van der Waals surface area contributed by atoms with Gasteiger partial charge < -0.3 is 10.6 Å². The lowest BCUT2D eigenvalue weighted by molar-refractivity contribution is 0.350. The normalized spacial score (nSPS) is 15.4. The van der Waals surface area contributed by atoms with Gasteiger partial charge in [0.05, 0.1) is 0 Å². The fourth-order valence-corrected chi connectivity index (χ4v) is 1.28. The Kier molecular flexibility index (Phi) is 5.82. The zero-order chi connectivity index (χ0) is 12.1. The van der Waals surface area contributed by atoms with Crippen molar-refractivity contribution in [3.8, 4) is 0 Å². The molecular formula is C13H30N2. The van der Waals surface area contributed by atoms with Crippen molar-refractivity contribution < 1.29 is 0 Å². The van der Waals surface area contributed by atoms with E-state index in [-0.39, 0.29) is 11.1 Å². The van der Waals surface area contributed by atoms with Crippen LogP contribution in [0.1, 0.15) is 54.9 Å². The van der Waals surface area contributed by atoms with E-state index in [1.807, 2.05) is 0 Å². The predicted molar refractivity (Wildman–Crippen MR) is 69.3 cm³/mol. The van der Waals surface area contributed by atoms with Crippen LogP contribution in [-0.2, 0) is 0 Å². The van der Waals surface area contributed by atoms with Gasteiger partial charge in [0.25, 0.3) is 0 Å². The molecule has 2 heteroatoms. The highest BCUT2D eigenvalue weighted by atomic mass is 15.0. The first-order chi connectivity index (χ1) is 6.60. The van der Waals surface area contributed by atoms with Crippen molar-refractivity contribution in [1.29, 1.82) is 0 Å². The molecule has 0 spiro atoms. The summed E-state index contributed by atoms with van der Waals surface area (Å²) >= 11 is 0. The molecular weight excluding hydrogens is 184 g/mol. The summed E-state index contributed by atoms with van der Waals surface area (Å²) in [5.41, 5.74) is 0.489. The maximum absolute atomic E-state index is 3.54. The molecule has 0 aliphatic heterocycles. The van der Waals surface area contributed by atoms with Crippen molar-refractivity contribution >= 4 is 0 Å². The van der Waals surface area contributed by atoms with Crippen molar-refractivity contribution in [2.45, 2.75) is 66.0 Å². The van der Waals surface area contributed by atoms with Crippen molar-refractivity contribution in [3.05, 3.63) is 0 Å². The Labute approximate surface area is 96.2 Å². The summed E-state index contributed by atoms with van der Waals surface area (Å²) in [6, 6.07) is 0. The number of hydrogen-bond donors (Lipinski definition) is 2. The van der Waals surface area contributed by atoms with E-state index < -0.39 is 0 Å². The molecule has 15 heavy (non-hydrogen) atoms. The largest absolute Gasteiger partial charge is 0.312 e. The van der Waals surface area contributed by atoms with E-state index in [1.165, 1.54) is 6.42 Å². The average Bonchev–Trinajstić information content (AvgIpc) is 1.97. The Morgan fingerprint density at radius 3 is 1.73 bits per heavy atom. The topological polar surface area (TPSA) is 24.1 Å². The molecule has 0 fully saturated rings. The fraction of sp³-hybridized carbons (Fsp3) is 1.00. The van der Waals surface area contributed by atoms with Gasteiger partial charge in [0.2, 0.25) is 0 Å². The quantitative estimate of drug-likeness (QED) is 0.735. The molecule has 2 nitrogen and oxygen atoms in total. The Morgan fingerprint density at radius 2 is 1.33 bits per heavy atom. The van der Waals surface area contributed by atoms with Crippen LogP contribution in [0.15, 0.2) is 0 Å². The van der Waals surface area contributed by atoms with E-state index in [2.05, 4.69) is 59.1 Å². The van der Waals surface area contributed by atoms with E-state index in [0.717, 1.165) is 19.0 Å². The number of hydrogen-bond acceptors (Lipinski definition) is 2. The molecule has 0 saturated heterocycles. The molecule has 0 aromatic rings. The first kappa shape index (κ1) is 14.9. The molecule has 1 atom stereocenters. The fourth-order valence-electron chi connectivity index (χ4n) is 1.28. The van der Waals surface area contributed by atoms with Crippen LogP contribution in [-0.4, -0.2) is 24.2 Å². The summed E-state index contributed by atoms with van der Waals surface area (Å²) < 4.78 is 0. The predicted octanol–water partition coefficient (Wildman–Crippen LogP) is 2.79. The van der Waals surface area contributed by atoms with Gasteiger partial charge in [-0.15, -0.1) is 0 Å². The molecule has 0 bridgehead atoms. The van der Waals surface area contributed by atoms with Crippen molar-refractivity contribution in [3.63, 3.8) is 0 Å². The molecule has 0 aliphatic carbocycles. The van der Waals surface area contributed by atoms with Crippen LogP contribution in [0.25, 0.3) is 0 Å². The van der Waals surface area contributed by atoms with Gasteiger partial charge in [-0.25, -0.2) is 0 Å². The van der Waals surface area contributed by atoms with Gasteiger partial charge in [-0.1, -0.05) is 6.92 Å². The maximum Gasteiger partial charge on any atom is 0.00966 e. The van der Waals surface area contributed by atoms with Gasteiger partial charge in [-0.3, -0.25) is 0 Å². The van der Waals surface area contributed by atoms with Crippen LogP contribution in [0, 0.1) is 5.92 Å². The third-order valence-electron chi connectivity index (χ3n) is 2.27. The highest BCUT2D eigenvalue weighted by molar-refractivity contribution is 4.74. The molecule has 0 aliphatic rings. The number of rotatable bonds is 5. The van der Waals surface area contributed by atoms with Crippen LogP contribution < -0.4 is 10.6 Å². The molecule has 0 heterocycles. The monoisotopic (exact) mass is 214 g/mol. The molecule has 2 N–H and O–H groups in total. The van der Waals surface area contributed by atoms with E-state index in [0.29, 0.717) is 0 Å². The van der Waals surface area contributed by atoms with Crippen LogP contribution in [0.3, 0.4) is 0 Å². The smallest absolute Gasteiger partial charge is 0.00966 e. The minimum Gasteiger partial charge on any atom is -0.312 e. The molecule has 0 aromatic carbocycles. The standard InChI is InChI=1S/C13H30N2/c1-11(10-15-13(5,6)7)8-9-14-12(2,3)4/h11,14-15H,8-10H2,1-7H3. The minimum absolute atomic E-state index is 0.242. The van der Waals surface area contributed by atoms with Gasteiger partial charge in [-0.05, 0) is 67.0 Å². The lowest BCUT2D eigenvalue weighted by atomic mass is 10.0. The summed E-state index contributed by atoms with van der Waals surface area (Å²) in [5, 5.41) is 7.06. The van der Waals surface area contributed by atoms with Crippen LogP contribution in [0.2, 0.25) is 0 Å². The summed E-state index contributed by atoms with van der Waals surface area (Å²) in [4.78, 5) is 0. The summed E-state index contributed by atoms with van der Waals surface area (Å²) in [6.07, 6.45) is 1.24. The second kappa shape index (κ2) is 5.86. The van der Waals surface area contributed by atoms with E-state index >= 15 is 0 Å². The van der Waals surface area contributed by atoms with Crippen molar-refractivity contribution in [2.24, 2.45) is 5.92 Å². The van der Waals surface area contributed by atoms with E-state index in [9.17, 15) is 0 Å². The summed E-state index contributed by atoms with van der Waals surface area (Å²) in [5.74, 6) is 0.735. The Morgan fingerprint density at radius 1 is 0.867 bits per heavy atom. The molecule has 0 radical (unpaired) electrons. The molecule has 1 unspecified atom stereocenters. The lowest BCUT2D eigenvalue weighted by Gasteiger charge is -2.25. The zero-order valence-corrected chi connectivity index (χ0v) is 11.7. The molecule has 0 aromatic heterocycles. The van der Waals surface area contributed by atoms with E-state index in [4.69, 9.17) is 0 Å². The highest BCUT2D eigenvalue weighted by Crippen LogP contribution is 2.05. The Balaban J connectivity index is 3.54. The second-order valence-electron chi connectivity index (χ2n) is 6.70. The van der Waals surface area contributed by atoms with Gasteiger partial charge in [0, 0.05) is 11.1 Å². The Bertz CT molecular complexity index is 162. The first-order valence-corrected chi connectivity index (χ1v) is 6.10. The molecule has 0 rings (SSSR count). The van der Waals surface area contributed by atoms with Gasteiger partial charge in [-0.2, -0.15) is 0 Å². The second-order valence-corrected chi connectivity index (χ2v) is 6.70. The zero-order valence-electron chi connectivity index (χ0n) is 11.7. The van der Waals surface area contributed by atoms with Crippen LogP contribution in [0.4, 0.5) is 0 Å². The Hall–Kier alpha value is -0.0800. The summed E-state index contributed by atoms with van der Waals surface area (Å²) in [6.45, 7) is 17.8. The van der Waals surface area contributed by atoms with E-state index in [1.54, 1.807) is 0 Å². The maximum atomic E-state index is 3.54. The first-order valence-electron chi connectivity index (χ1n) is 6.10. The molecule has 92 valence electrons. The van der Waals surface area contributed by atoms with Gasteiger partial charge in [0.1, 0.15) is 0 Å². The summed E-state index contributed by atoms with van der Waals surface area (Å²) in [7, 11) is 0. The van der Waals surface area contributed by atoms with Crippen molar-refractivity contribution in [1.82, 2.24) is 10.6 Å². The van der Waals surface area contributed by atoms with Crippen LogP contribution >= 0.6 is 0 Å². The average molecular weight is 214 g/mol. The third kappa shape index (κ3) is 11.8. The van der Waals surface area contributed by atoms with Crippen molar-refractivity contribution in [2.75, 3.05) is 13.1 Å². The lowest BCUT2D eigenvalue weighted by Crippen LogP contribution is -2.40. The highest BCUT2D eigenvalue weighted by Gasteiger charge is 2.12. The van der Waals surface area contributed by atoms with Gasteiger partial charge in [0.15, 0.2) is 0 Å². The molecule has 0 saturated carbocycles. The third-order valence-corrected chi connectivity index (χ3v) is 2.27. The molecule has 0 amide bonds. The minimum atomic E-state index is 0.242. The van der Waals surface area contributed by atoms with Crippen LogP contribution in [0.5, 0.6) is 0 Å².